The van der Waals surface area contributed by atoms with Gasteiger partial charge >= 0.3 is 0 Å². The molecule has 0 radical (unpaired) electrons. The fraction of sp³-hybridized carbons (Fsp3) is 0.238. The molecule has 2 amide bonds. The lowest BCUT2D eigenvalue weighted by Gasteiger charge is -2.20. The molecule has 5 rings (SSSR count). The number of imide groups is 1. The van der Waals surface area contributed by atoms with Crippen LogP contribution in [0.2, 0.25) is 0 Å². The molecule has 2 aromatic rings. The first-order valence-corrected chi connectivity index (χ1v) is 9.44. The average molecular weight is 347 g/mol. The average Bonchev–Trinajstić information content (AvgIpc) is 3.31. The Morgan fingerprint density at radius 3 is 2.08 bits per heavy atom. The normalized spacial score (nSPS) is 29.5. The third-order valence-electron chi connectivity index (χ3n) is 5.55. The van der Waals surface area contributed by atoms with Crippen molar-refractivity contribution in [1.29, 1.82) is 0 Å². The molecule has 25 heavy (non-hydrogen) atoms. The van der Waals surface area contributed by atoms with Gasteiger partial charge in [0.1, 0.15) is 0 Å². The summed E-state index contributed by atoms with van der Waals surface area (Å²) in [6, 6.07) is 17.7. The third-order valence-corrected chi connectivity index (χ3v) is 6.62. The number of rotatable bonds is 3. The number of para-hydroxylation sites is 1. The van der Waals surface area contributed by atoms with E-state index in [-0.39, 0.29) is 35.5 Å². The quantitative estimate of drug-likeness (QED) is 0.618. The summed E-state index contributed by atoms with van der Waals surface area (Å²) in [7, 11) is 0. The van der Waals surface area contributed by atoms with E-state index in [2.05, 4.69) is 12.2 Å². The largest absolute Gasteiger partial charge is 0.274 e. The van der Waals surface area contributed by atoms with Crippen LogP contribution in [0.4, 0.5) is 5.69 Å². The highest BCUT2D eigenvalue weighted by Crippen LogP contribution is 2.54. The molecule has 1 aliphatic heterocycles. The number of carbonyl (C=O) groups excluding carboxylic acids is 2. The maximum Gasteiger partial charge on any atom is 0.238 e. The van der Waals surface area contributed by atoms with Crippen LogP contribution >= 0.6 is 11.8 Å². The minimum atomic E-state index is -0.155. The van der Waals surface area contributed by atoms with Crippen molar-refractivity contribution in [2.24, 2.45) is 23.7 Å². The summed E-state index contributed by atoms with van der Waals surface area (Å²) in [5.74, 6) is 0.131. The molecule has 1 heterocycles. The van der Waals surface area contributed by atoms with Crippen LogP contribution in [0.3, 0.4) is 0 Å². The van der Waals surface area contributed by atoms with Crippen LogP contribution in [-0.4, -0.2) is 11.8 Å². The van der Waals surface area contributed by atoms with Crippen LogP contribution in [0, 0.1) is 23.7 Å². The van der Waals surface area contributed by atoms with Gasteiger partial charge in [-0.2, -0.15) is 0 Å². The third kappa shape index (κ3) is 2.20. The Morgan fingerprint density at radius 2 is 1.40 bits per heavy atom. The predicted octanol–water partition coefficient (Wildman–Crippen LogP) is 4.15. The molecule has 0 unspecified atom stereocenters. The van der Waals surface area contributed by atoms with E-state index in [1.165, 1.54) is 4.90 Å². The van der Waals surface area contributed by atoms with E-state index in [1.807, 2.05) is 54.6 Å². The number of anilines is 1. The van der Waals surface area contributed by atoms with Crippen molar-refractivity contribution in [3.8, 4) is 0 Å². The maximum absolute atomic E-state index is 13.1. The number of allylic oxidation sites excluding steroid dienone is 2. The maximum atomic E-state index is 13.1. The van der Waals surface area contributed by atoms with E-state index >= 15 is 0 Å². The molecule has 3 aliphatic rings. The number of hydrogen-bond donors (Lipinski definition) is 0. The van der Waals surface area contributed by atoms with Crippen molar-refractivity contribution in [3.05, 3.63) is 66.7 Å². The van der Waals surface area contributed by atoms with Gasteiger partial charge in [-0.1, -0.05) is 54.2 Å². The summed E-state index contributed by atoms with van der Waals surface area (Å²) in [5, 5.41) is 0. The number of fused-ring (bicyclic) bond motifs is 5. The number of amides is 2. The molecule has 2 bridgehead atoms. The highest BCUT2D eigenvalue weighted by atomic mass is 32.2. The molecule has 4 heteroatoms. The zero-order valence-corrected chi connectivity index (χ0v) is 14.4. The summed E-state index contributed by atoms with van der Waals surface area (Å²) in [6.07, 6.45) is 5.22. The van der Waals surface area contributed by atoms with Gasteiger partial charge in [0.15, 0.2) is 0 Å². The molecular weight excluding hydrogens is 330 g/mol. The Labute approximate surface area is 150 Å². The number of hydrogen-bond acceptors (Lipinski definition) is 3. The Morgan fingerprint density at radius 1 is 0.800 bits per heavy atom. The van der Waals surface area contributed by atoms with Crippen LogP contribution in [0.15, 0.2) is 76.5 Å². The van der Waals surface area contributed by atoms with Crippen LogP contribution in [0.5, 0.6) is 0 Å². The zero-order chi connectivity index (χ0) is 17.0. The summed E-state index contributed by atoms with van der Waals surface area (Å²) < 4.78 is 0. The second-order valence-corrected chi connectivity index (χ2v) is 8.01. The highest BCUT2D eigenvalue weighted by molar-refractivity contribution is 7.99. The van der Waals surface area contributed by atoms with Gasteiger partial charge in [0.2, 0.25) is 11.8 Å². The molecule has 3 nitrogen and oxygen atoms in total. The van der Waals surface area contributed by atoms with Crippen LogP contribution in [-0.2, 0) is 9.59 Å². The Kier molecular flexibility index (Phi) is 3.35. The van der Waals surface area contributed by atoms with E-state index in [1.54, 1.807) is 11.8 Å². The standard InChI is InChI=1S/C21H17NO2S/c23-20-18-13-10-11-14(12-13)19(18)21(24)22(20)16-8-4-5-9-17(16)25-15-6-2-1-3-7-15/h1-11,13-14,18-19H,12H2/t13-,14+,18-,19-/m0/s1. The molecule has 4 atom stereocenters. The monoisotopic (exact) mass is 347 g/mol. The minimum absolute atomic E-state index is 0.0204. The molecule has 124 valence electrons. The Bertz CT molecular complexity index is 862. The van der Waals surface area contributed by atoms with Gasteiger partial charge < -0.3 is 0 Å². The van der Waals surface area contributed by atoms with Gasteiger partial charge in [-0.25, -0.2) is 4.90 Å². The van der Waals surface area contributed by atoms with E-state index in [0.717, 1.165) is 21.9 Å². The fourth-order valence-electron chi connectivity index (χ4n) is 4.48. The lowest BCUT2D eigenvalue weighted by molar-refractivity contribution is -0.123. The van der Waals surface area contributed by atoms with Crippen molar-refractivity contribution in [1.82, 2.24) is 0 Å². The zero-order valence-electron chi connectivity index (χ0n) is 13.5. The molecule has 1 saturated heterocycles. The van der Waals surface area contributed by atoms with E-state index in [9.17, 15) is 9.59 Å². The summed E-state index contributed by atoms with van der Waals surface area (Å²) in [4.78, 5) is 29.6. The van der Waals surface area contributed by atoms with Gasteiger partial charge in [0.05, 0.1) is 17.5 Å². The smallest absolute Gasteiger partial charge is 0.238 e. The van der Waals surface area contributed by atoms with E-state index in [0.29, 0.717) is 0 Å². The second kappa shape index (κ2) is 5.60. The molecular formula is C21H17NO2S. The summed E-state index contributed by atoms with van der Waals surface area (Å²) in [6.45, 7) is 0. The topological polar surface area (TPSA) is 37.4 Å². The number of benzene rings is 2. The summed E-state index contributed by atoms with van der Waals surface area (Å²) in [5.41, 5.74) is 0.722. The minimum Gasteiger partial charge on any atom is -0.274 e. The molecule has 2 aromatic carbocycles. The van der Waals surface area contributed by atoms with Gasteiger partial charge in [0.25, 0.3) is 0 Å². The first-order valence-electron chi connectivity index (χ1n) is 8.62. The SMILES string of the molecule is O=C1[C@@H]2[C@@H](C(=O)N1c1ccccc1Sc1ccccc1)[C@H]1C=C[C@@H]2C1. The molecule has 0 aromatic heterocycles. The second-order valence-electron chi connectivity index (χ2n) is 6.89. The van der Waals surface area contributed by atoms with Gasteiger partial charge in [-0.05, 0) is 42.5 Å². The lowest BCUT2D eigenvalue weighted by atomic mass is 9.85. The fourth-order valence-corrected chi connectivity index (χ4v) is 5.44. The first-order chi connectivity index (χ1) is 12.2. The van der Waals surface area contributed by atoms with E-state index < -0.39 is 0 Å². The summed E-state index contributed by atoms with van der Waals surface area (Å²) >= 11 is 1.59. The first kappa shape index (κ1) is 15.0. The van der Waals surface area contributed by atoms with Crippen molar-refractivity contribution in [3.63, 3.8) is 0 Å². The number of nitrogens with zero attached hydrogens (tertiary/aromatic N) is 1. The van der Waals surface area contributed by atoms with Crippen molar-refractivity contribution >= 4 is 29.3 Å². The molecule has 2 aliphatic carbocycles. The van der Waals surface area contributed by atoms with Crippen LogP contribution in [0.25, 0.3) is 0 Å². The van der Waals surface area contributed by atoms with Crippen molar-refractivity contribution < 1.29 is 9.59 Å². The van der Waals surface area contributed by atoms with Gasteiger partial charge in [-0.3, -0.25) is 9.59 Å². The van der Waals surface area contributed by atoms with Gasteiger partial charge in [0, 0.05) is 9.79 Å². The van der Waals surface area contributed by atoms with Gasteiger partial charge in [-0.15, -0.1) is 0 Å². The van der Waals surface area contributed by atoms with E-state index in [4.69, 9.17) is 0 Å². The molecule has 2 fully saturated rings. The predicted molar refractivity (Wildman–Crippen MR) is 97.2 cm³/mol. The molecule has 0 N–H and O–H groups in total. The van der Waals surface area contributed by atoms with Crippen molar-refractivity contribution in [2.45, 2.75) is 16.2 Å². The number of carbonyl (C=O) groups is 2. The Hall–Kier alpha value is -2.33. The highest BCUT2D eigenvalue weighted by Gasteiger charge is 2.59. The molecule has 0 spiro atoms. The lowest BCUT2D eigenvalue weighted by Crippen LogP contribution is -2.33. The Balaban J connectivity index is 1.52. The van der Waals surface area contributed by atoms with Crippen LogP contribution < -0.4 is 4.90 Å². The molecule has 1 saturated carbocycles. The van der Waals surface area contributed by atoms with Crippen molar-refractivity contribution in [2.75, 3.05) is 4.90 Å². The van der Waals surface area contributed by atoms with Crippen LogP contribution in [0.1, 0.15) is 6.42 Å².